The molecule has 0 unspecified atom stereocenters. The number of likely N-dealkylation sites (N-methyl/N-ethyl adjacent to an activating group) is 1. The van der Waals surface area contributed by atoms with Crippen molar-refractivity contribution in [3.63, 3.8) is 0 Å². The number of aliphatic carboxylic acids is 2. The molecule has 0 fully saturated rings. The third-order valence-corrected chi connectivity index (χ3v) is 2.26. The highest BCUT2D eigenvalue weighted by Crippen LogP contribution is 2.00. The fraction of sp³-hybridized carbons (Fsp3) is 0.545. The summed E-state index contributed by atoms with van der Waals surface area (Å²) in [6.45, 7) is 5.94. The molecule has 102 valence electrons. The maximum absolute atomic E-state index is 11.7. The molecule has 1 atom stereocenters. The van der Waals surface area contributed by atoms with E-state index in [0.717, 1.165) is 0 Å². The van der Waals surface area contributed by atoms with E-state index in [9.17, 15) is 14.4 Å². The number of nitrogens with one attached hydrogen (secondary N) is 1. The van der Waals surface area contributed by atoms with Crippen LogP contribution >= 0.6 is 0 Å². The molecule has 0 aromatic rings. The van der Waals surface area contributed by atoms with Crippen LogP contribution in [0.1, 0.15) is 19.8 Å². The fourth-order valence-electron chi connectivity index (χ4n) is 1.28. The predicted octanol–water partition coefficient (Wildman–Crippen LogP) is 0.522. The van der Waals surface area contributed by atoms with Crippen LogP contribution in [0.5, 0.6) is 0 Å². The lowest BCUT2D eigenvalue weighted by Gasteiger charge is -2.22. The Morgan fingerprint density at radius 1 is 1.39 bits per heavy atom. The van der Waals surface area contributed by atoms with E-state index in [0.29, 0.717) is 13.1 Å². The summed E-state index contributed by atoms with van der Waals surface area (Å²) in [5.41, 5.74) is 0. The Hall–Kier alpha value is -2.05. The second-order valence-corrected chi connectivity index (χ2v) is 3.60. The number of carbonyl (C=O) groups is 3. The highest BCUT2D eigenvalue weighted by atomic mass is 16.4. The highest BCUT2D eigenvalue weighted by Gasteiger charge is 2.22. The summed E-state index contributed by atoms with van der Waals surface area (Å²) < 4.78 is 0. The second-order valence-electron chi connectivity index (χ2n) is 3.60. The number of hydrogen-bond donors (Lipinski definition) is 3. The first kappa shape index (κ1) is 16.0. The van der Waals surface area contributed by atoms with Crippen LogP contribution in [0.15, 0.2) is 12.7 Å². The van der Waals surface area contributed by atoms with E-state index in [1.54, 1.807) is 6.92 Å². The van der Waals surface area contributed by atoms with Gasteiger partial charge in [-0.25, -0.2) is 9.59 Å². The number of nitrogens with zero attached hydrogens (tertiary/aromatic N) is 1. The third kappa shape index (κ3) is 5.88. The molecule has 0 radical (unpaired) electrons. The molecular formula is C11H18N2O5. The first-order chi connectivity index (χ1) is 8.42. The molecule has 0 spiro atoms. The van der Waals surface area contributed by atoms with Crippen molar-refractivity contribution in [2.24, 2.45) is 0 Å². The Morgan fingerprint density at radius 3 is 2.39 bits per heavy atom. The summed E-state index contributed by atoms with van der Waals surface area (Å²) in [7, 11) is 0. The fourth-order valence-corrected chi connectivity index (χ4v) is 1.28. The predicted molar refractivity (Wildman–Crippen MR) is 64.3 cm³/mol. The van der Waals surface area contributed by atoms with Crippen LogP contribution in [0.2, 0.25) is 0 Å². The van der Waals surface area contributed by atoms with E-state index in [2.05, 4.69) is 11.9 Å². The number of hydrogen-bond acceptors (Lipinski definition) is 3. The van der Waals surface area contributed by atoms with E-state index >= 15 is 0 Å². The molecule has 0 bridgehead atoms. The van der Waals surface area contributed by atoms with E-state index < -0.39 is 24.0 Å². The van der Waals surface area contributed by atoms with Crippen LogP contribution in [0.4, 0.5) is 4.79 Å². The van der Waals surface area contributed by atoms with Gasteiger partial charge >= 0.3 is 18.0 Å². The number of carboxylic acids is 2. The number of carboxylic acid groups (broad SMARTS) is 2. The molecule has 7 heteroatoms. The molecular weight excluding hydrogens is 240 g/mol. The average Bonchev–Trinajstić information content (AvgIpc) is 2.30. The highest BCUT2D eigenvalue weighted by molar-refractivity contribution is 5.83. The summed E-state index contributed by atoms with van der Waals surface area (Å²) in [4.78, 5) is 34.3. The molecule has 0 aliphatic carbocycles. The molecule has 0 aromatic carbocycles. The zero-order chi connectivity index (χ0) is 14.1. The van der Waals surface area contributed by atoms with Gasteiger partial charge in [0.1, 0.15) is 6.04 Å². The van der Waals surface area contributed by atoms with Crippen molar-refractivity contribution in [3.8, 4) is 0 Å². The number of rotatable bonds is 8. The van der Waals surface area contributed by atoms with E-state index in [1.807, 2.05) is 0 Å². The van der Waals surface area contributed by atoms with Gasteiger partial charge in [-0.05, 0) is 13.3 Å². The van der Waals surface area contributed by atoms with Gasteiger partial charge in [0, 0.05) is 19.5 Å². The van der Waals surface area contributed by atoms with Crippen molar-refractivity contribution in [3.05, 3.63) is 12.7 Å². The molecule has 0 aliphatic heterocycles. The smallest absolute Gasteiger partial charge is 0.326 e. The molecule has 0 aliphatic rings. The Kier molecular flexibility index (Phi) is 7.18. The molecule has 7 nitrogen and oxygen atoms in total. The quantitative estimate of drug-likeness (QED) is 0.550. The van der Waals surface area contributed by atoms with Gasteiger partial charge in [0.15, 0.2) is 0 Å². The minimum absolute atomic E-state index is 0.151. The van der Waals surface area contributed by atoms with E-state index in [1.165, 1.54) is 11.0 Å². The van der Waals surface area contributed by atoms with Gasteiger partial charge in [0.05, 0.1) is 0 Å². The Morgan fingerprint density at radius 2 is 2.00 bits per heavy atom. The third-order valence-electron chi connectivity index (χ3n) is 2.26. The zero-order valence-electron chi connectivity index (χ0n) is 10.3. The lowest BCUT2D eigenvalue weighted by atomic mass is 10.1. The maximum atomic E-state index is 11.7. The van der Waals surface area contributed by atoms with Crippen LogP contribution in [0, 0.1) is 0 Å². The minimum Gasteiger partial charge on any atom is -0.481 e. The van der Waals surface area contributed by atoms with Crippen LogP contribution in [-0.2, 0) is 9.59 Å². The molecule has 0 heterocycles. The normalized spacial score (nSPS) is 11.4. The minimum atomic E-state index is -1.25. The largest absolute Gasteiger partial charge is 0.481 e. The lowest BCUT2D eigenvalue weighted by molar-refractivity contribution is -0.140. The Bertz CT molecular complexity index is 329. The monoisotopic (exact) mass is 258 g/mol. The summed E-state index contributed by atoms with van der Waals surface area (Å²) in [5, 5.41) is 19.6. The molecule has 0 saturated carbocycles. The van der Waals surface area contributed by atoms with Crippen LogP contribution in [0.3, 0.4) is 0 Å². The Balaban J connectivity index is 4.47. The molecule has 0 aromatic heterocycles. The van der Waals surface area contributed by atoms with Crippen LogP contribution < -0.4 is 5.32 Å². The van der Waals surface area contributed by atoms with E-state index in [4.69, 9.17) is 10.2 Å². The molecule has 2 amide bonds. The van der Waals surface area contributed by atoms with Gasteiger partial charge in [-0.1, -0.05) is 6.08 Å². The first-order valence-corrected chi connectivity index (χ1v) is 5.53. The number of urea groups is 1. The van der Waals surface area contributed by atoms with Crippen molar-refractivity contribution < 1.29 is 24.6 Å². The average molecular weight is 258 g/mol. The van der Waals surface area contributed by atoms with Gasteiger partial charge in [0.25, 0.3) is 0 Å². The first-order valence-electron chi connectivity index (χ1n) is 5.53. The van der Waals surface area contributed by atoms with Crippen molar-refractivity contribution >= 4 is 18.0 Å². The summed E-state index contributed by atoms with van der Waals surface area (Å²) in [5.74, 6) is -2.35. The molecule has 18 heavy (non-hydrogen) atoms. The van der Waals surface area contributed by atoms with Crippen LogP contribution in [0.25, 0.3) is 0 Å². The standard InChI is InChI=1S/C11H18N2O5/c1-3-7-13(4-2)11(18)12-8(10(16)17)5-6-9(14)15/h3,8H,1,4-7H2,2H3,(H,12,18)(H,14,15)(H,16,17)/t8-/m0/s1. The van der Waals surface area contributed by atoms with Crippen molar-refractivity contribution in [2.75, 3.05) is 13.1 Å². The van der Waals surface area contributed by atoms with E-state index in [-0.39, 0.29) is 12.8 Å². The van der Waals surface area contributed by atoms with Gasteiger partial charge in [-0.2, -0.15) is 0 Å². The van der Waals surface area contributed by atoms with Gasteiger partial charge in [0.2, 0.25) is 0 Å². The van der Waals surface area contributed by atoms with Crippen LogP contribution in [-0.4, -0.2) is 52.2 Å². The van der Waals surface area contributed by atoms with Crippen molar-refractivity contribution in [1.82, 2.24) is 10.2 Å². The second kappa shape index (κ2) is 8.10. The lowest BCUT2D eigenvalue weighted by Crippen LogP contribution is -2.48. The molecule has 0 rings (SSSR count). The molecule has 0 saturated heterocycles. The zero-order valence-corrected chi connectivity index (χ0v) is 10.3. The van der Waals surface area contributed by atoms with Crippen molar-refractivity contribution in [2.45, 2.75) is 25.8 Å². The van der Waals surface area contributed by atoms with Gasteiger partial charge < -0.3 is 20.4 Å². The molecule has 3 N–H and O–H groups in total. The summed E-state index contributed by atoms with van der Waals surface area (Å²) in [6, 6.07) is -1.75. The number of amides is 2. The van der Waals surface area contributed by atoms with Gasteiger partial charge in [-0.15, -0.1) is 6.58 Å². The SMILES string of the molecule is C=CCN(CC)C(=O)N[C@@H](CCC(=O)O)C(=O)O. The number of carbonyl (C=O) groups excluding carboxylic acids is 1. The Labute approximate surface area is 105 Å². The maximum Gasteiger partial charge on any atom is 0.326 e. The topological polar surface area (TPSA) is 107 Å². The summed E-state index contributed by atoms with van der Waals surface area (Å²) in [6.07, 6.45) is 1.06. The summed E-state index contributed by atoms with van der Waals surface area (Å²) >= 11 is 0. The van der Waals surface area contributed by atoms with Crippen molar-refractivity contribution in [1.29, 1.82) is 0 Å². The van der Waals surface area contributed by atoms with Gasteiger partial charge in [-0.3, -0.25) is 4.79 Å².